The standard InChI is InChI=1S/C25H31FN2O.C2H2O4/c26-24-10-4-8-22(17-24)18-27-13-5-9-23(19-27)25(29)28-14-11-21(12-15-28)16-20-6-2-1-3-7-20;3-1(4)2(5)6/h1-4,6-8,10,17,21,23H,5,9,11-16,18-19H2;(H,3,4)(H,5,6). The molecule has 1 atom stereocenters. The fraction of sp³-hybridized carbons (Fsp3) is 0.444. The highest BCUT2D eigenvalue weighted by molar-refractivity contribution is 6.27. The molecule has 2 N–H and O–H groups in total. The summed E-state index contributed by atoms with van der Waals surface area (Å²) in [6, 6.07) is 17.5. The summed E-state index contributed by atoms with van der Waals surface area (Å²) in [5, 5.41) is 14.8. The molecule has 1 amide bonds. The van der Waals surface area contributed by atoms with Crippen LogP contribution in [0, 0.1) is 17.7 Å². The number of carboxylic acid groups (broad SMARTS) is 2. The number of amides is 1. The highest BCUT2D eigenvalue weighted by Gasteiger charge is 2.31. The highest BCUT2D eigenvalue weighted by Crippen LogP contribution is 2.26. The van der Waals surface area contributed by atoms with E-state index in [4.69, 9.17) is 19.8 Å². The van der Waals surface area contributed by atoms with Gasteiger partial charge in [0.1, 0.15) is 5.82 Å². The molecule has 2 aromatic rings. The molecular formula is C27H33FN2O5. The average molecular weight is 485 g/mol. The predicted molar refractivity (Wildman–Crippen MR) is 129 cm³/mol. The van der Waals surface area contributed by atoms with Crippen molar-refractivity contribution in [3.63, 3.8) is 0 Å². The third-order valence-corrected chi connectivity index (χ3v) is 6.63. The van der Waals surface area contributed by atoms with Crippen molar-refractivity contribution in [2.75, 3.05) is 26.2 Å². The largest absolute Gasteiger partial charge is 0.473 e. The van der Waals surface area contributed by atoms with Gasteiger partial charge in [-0.05, 0) is 67.8 Å². The molecule has 0 radical (unpaired) electrons. The Kier molecular flexibility index (Phi) is 9.78. The van der Waals surface area contributed by atoms with E-state index in [-0.39, 0.29) is 11.7 Å². The summed E-state index contributed by atoms with van der Waals surface area (Å²) in [5.41, 5.74) is 2.39. The number of carbonyl (C=O) groups excluding carboxylic acids is 1. The van der Waals surface area contributed by atoms with Gasteiger partial charge in [0.05, 0.1) is 5.92 Å². The molecule has 7 nitrogen and oxygen atoms in total. The number of benzene rings is 2. The smallest absolute Gasteiger partial charge is 0.414 e. The Balaban J connectivity index is 0.000000509. The summed E-state index contributed by atoms with van der Waals surface area (Å²) in [6.07, 6.45) is 5.33. The third-order valence-electron chi connectivity index (χ3n) is 6.63. The van der Waals surface area contributed by atoms with Gasteiger partial charge in [0.2, 0.25) is 5.91 Å². The summed E-state index contributed by atoms with van der Waals surface area (Å²) in [7, 11) is 0. The Labute approximate surface area is 205 Å². The number of hydrogen-bond acceptors (Lipinski definition) is 4. The summed E-state index contributed by atoms with van der Waals surface area (Å²) >= 11 is 0. The zero-order valence-electron chi connectivity index (χ0n) is 19.8. The zero-order valence-corrected chi connectivity index (χ0v) is 19.8. The average Bonchev–Trinajstić information content (AvgIpc) is 2.85. The molecule has 2 heterocycles. The van der Waals surface area contributed by atoms with Gasteiger partial charge >= 0.3 is 11.9 Å². The molecule has 2 saturated heterocycles. The van der Waals surface area contributed by atoms with E-state index >= 15 is 0 Å². The van der Waals surface area contributed by atoms with Crippen LogP contribution in [0.1, 0.15) is 36.8 Å². The quantitative estimate of drug-likeness (QED) is 0.629. The van der Waals surface area contributed by atoms with Crippen molar-refractivity contribution in [3.05, 3.63) is 71.5 Å². The summed E-state index contributed by atoms with van der Waals surface area (Å²) in [4.78, 5) is 35.7. The summed E-state index contributed by atoms with van der Waals surface area (Å²) < 4.78 is 13.5. The van der Waals surface area contributed by atoms with Crippen molar-refractivity contribution in [2.45, 2.75) is 38.6 Å². The number of piperidine rings is 2. The van der Waals surface area contributed by atoms with Gasteiger partial charge in [0, 0.05) is 26.2 Å². The molecule has 0 spiro atoms. The molecule has 35 heavy (non-hydrogen) atoms. The first-order chi connectivity index (χ1) is 16.8. The van der Waals surface area contributed by atoms with Gasteiger partial charge < -0.3 is 15.1 Å². The SMILES string of the molecule is O=C(C1CCCN(Cc2cccc(F)c2)C1)N1CCC(Cc2ccccc2)CC1.O=C(O)C(=O)O. The molecule has 0 aromatic heterocycles. The maximum atomic E-state index is 13.5. The number of nitrogens with zero attached hydrogens (tertiary/aromatic N) is 2. The Hall–Kier alpha value is -3.26. The van der Waals surface area contributed by atoms with Crippen LogP contribution in [0.3, 0.4) is 0 Å². The van der Waals surface area contributed by atoms with Gasteiger partial charge in [-0.3, -0.25) is 9.69 Å². The molecular weight excluding hydrogens is 451 g/mol. The second kappa shape index (κ2) is 13.0. The lowest BCUT2D eigenvalue weighted by atomic mass is 9.89. The number of hydrogen-bond donors (Lipinski definition) is 2. The van der Waals surface area contributed by atoms with Crippen LogP contribution in [0.5, 0.6) is 0 Å². The van der Waals surface area contributed by atoms with E-state index in [9.17, 15) is 9.18 Å². The van der Waals surface area contributed by atoms with Gasteiger partial charge in [0.25, 0.3) is 0 Å². The number of aliphatic carboxylic acids is 2. The Morgan fingerprint density at radius 2 is 1.51 bits per heavy atom. The Morgan fingerprint density at radius 1 is 0.857 bits per heavy atom. The van der Waals surface area contributed by atoms with Gasteiger partial charge in [-0.15, -0.1) is 0 Å². The van der Waals surface area contributed by atoms with Crippen LogP contribution >= 0.6 is 0 Å². The zero-order chi connectivity index (χ0) is 25.2. The van der Waals surface area contributed by atoms with Crippen molar-refractivity contribution >= 4 is 17.8 Å². The topological polar surface area (TPSA) is 98.2 Å². The first kappa shape index (κ1) is 26.3. The first-order valence-corrected chi connectivity index (χ1v) is 12.1. The number of rotatable bonds is 5. The van der Waals surface area contributed by atoms with Crippen LogP contribution in [0.2, 0.25) is 0 Å². The van der Waals surface area contributed by atoms with Crippen molar-refractivity contribution < 1.29 is 29.0 Å². The molecule has 0 saturated carbocycles. The molecule has 2 fully saturated rings. The van der Waals surface area contributed by atoms with Crippen LogP contribution in [-0.4, -0.2) is 64.0 Å². The van der Waals surface area contributed by atoms with Crippen LogP contribution in [0.4, 0.5) is 4.39 Å². The lowest BCUT2D eigenvalue weighted by molar-refractivity contribution is -0.159. The van der Waals surface area contributed by atoms with E-state index in [1.807, 2.05) is 6.07 Å². The van der Waals surface area contributed by atoms with E-state index in [0.717, 1.165) is 70.4 Å². The van der Waals surface area contributed by atoms with Crippen molar-refractivity contribution in [2.24, 2.45) is 11.8 Å². The highest BCUT2D eigenvalue weighted by atomic mass is 19.1. The lowest BCUT2D eigenvalue weighted by Gasteiger charge is -2.38. The van der Waals surface area contributed by atoms with E-state index in [1.54, 1.807) is 12.1 Å². The monoisotopic (exact) mass is 484 g/mol. The minimum absolute atomic E-state index is 0.0861. The van der Waals surface area contributed by atoms with Gasteiger partial charge in [-0.2, -0.15) is 0 Å². The molecule has 8 heteroatoms. The second-order valence-corrected chi connectivity index (χ2v) is 9.27. The minimum atomic E-state index is -1.82. The first-order valence-electron chi connectivity index (χ1n) is 12.1. The van der Waals surface area contributed by atoms with E-state index in [2.05, 4.69) is 40.1 Å². The molecule has 0 aliphatic carbocycles. The van der Waals surface area contributed by atoms with E-state index < -0.39 is 11.9 Å². The van der Waals surface area contributed by atoms with Gasteiger partial charge in [-0.25, -0.2) is 14.0 Å². The van der Waals surface area contributed by atoms with Gasteiger partial charge in [0.15, 0.2) is 0 Å². The molecule has 2 aliphatic heterocycles. The van der Waals surface area contributed by atoms with Crippen LogP contribution in [0.15, 0.2) is 54.6 Å². The number of carbonyl (C=O) groups is 3. The Bertz CT molecular complexity index is 980. The maximum absolute atomic E-state index is 13.5. The second-order valence-electron chi connectivity index (χ2n) is 9.27. The number of likely N-dealkylation sites (tertiary alicyclic amines) is 2. The van der Waals surface area contributed by atoms with E-state index in [1.165, 1.54) is 11.6 Å². The molecule has 2 aliphatic rings. The maximum Gasteiger partial charge on any atom is 0.414 e. The molecule has 1 unspecified atom stereocenters. The fourth-order valence-electron chi connectivity index (χ4n) is 4.86. The molecule has 4 rings (SSSR count). The summed E-state index contributed by atoms with van der Waals surface area (Å²) in [5.74, 6) is -2.75. The number of halogens is 1. The molecule has 188 valence electrons. The predicted octanol–water partition coefficient (Wildman–Crippen LogP) is 3.67. The normalized spacial score (nSPS) is 18.9. The molecule has 0 bridgehead atoms. The third kappa shape index (κ3) is 8.47. The molecule has 2 aromatic carbocycles. The Morgan fingerprint density at radius 3 is 2.14 bits per heavy atom. The van der Waals surface area contributed by atoms with Gasteiger partial charge in [-0.1, -0.05) is 42.5 Å². The van der Waals surface area contributed by atoms with Crippen molar-refractivity contribution in [3.8, 4) is 0 Å². The minimum Gasteiger partial charge on any atom is -0.473 e. The van der Waals surface area contributed by atoms with Crippen molar-refractivity contribution in [1.82, 2.24) is 9.80 Å². The summed E-state index contributed by atoms with van der Waals surface area (Å²) in [6.45, 7) is 4.27. The van der Waals surface area contributed by atoms with Crippen LogP contribution < -0.4 is 0 Å². The van der Waals surface area contributed by atoms with E-state index in [0.29, 0.717) is 11.8 Å². The lowest BCUT2D eigenvalue weighted by Crippen LogP contribution is -2.47. The van der Waals surface area contributed by atoms with Crippen molar-refractivity contribution in [1.29, 1.82) is 0 Å². The van der Waals surface area contributed by atoms with Crippen LogP contribution in [0.25, 0.3) is 0 Å². The number of carboxylic acids is 2. The van der Waals surface area contributed by atoms with Crippen LogP contribution in [-0.2, 0) is 27.3 Å². The fourth-order valence-corrected chi connectivity index (χ4v) is 4.86.